The number of esters is 1. The van der Waals surface area contributed by atoms with Crippen LogP contribution in [0.15, 0.2) is 0 Å². The number of carbonyl (C=O) groups excluding carboxylic acids is 1. The van der Waals surface area contributed by atoms with E-state index in [9.17, 15) is 9.90 Å². The molecule has 1 fully saturated rings. The van der Waals surface area contributed by atoms with E-state index >= 15 is 0 Å². The van der Waals surface area contributed by atoms with Crippen LogP contribution in [0.25, 0.3) is 0 Å². The fourth-order valence-corrected chi connectivity index (χ4v) is 2.14. The average Bonchev–Trinajstić information content (AvgIpc) is 2.26. The zero-order chi connectivity index (χ0) is 12.0. The Morgan fingerprint density at radius 1 is 1.38 bits per heavy atom. The van der Waals surface area contributed by atoms with Crippen LogP contribution in [0.4, 0.5) is 0 Å². The van der Waals surface area contributed by atoms with Gasteiger partial charge in [-0.1, -0.05) is 32.1 Å². The van der Waals surface area contributed by atoms with Gasteiger partial charge >= 0.3 is 5.97 Å². The van der Waals surface area contributed by atoms with Gasteiger partial charge in [0.15, 0.2) is 6.10 Å². The zero-order valence-corrected chi connectivity index (χ0v) is 10.3. The molecule has 1 N–H and O–H groups in total. The van der Waals surface area contributed by atoms with Gasteiger partial charge in [0.2, 0.25) is 0 Å². The van der Waals surface area contributed by atoms with Gasteiger partial charge in [0, 0.05) is 6.42 Å². The van der Waals surface area contributed by atoms with E-state index in [4.69, 9.17) is 4.74 Å². The Labute approximate surface area is 98.2 Å². The van der Waals surface area contributed by atoms with Gasteiger partial charge in [-0.05, 0) is 26.2 Å². The van der Waals surface area contributed by atoms with Crippen molar-refractivity contribution in [3.63, 3.8) is 0 Å². The molecule has 0 aromatic carbocycles. The van der Waals surface area contributed by atoms with Gasteiger partial charge in [-0.3, -0.25) is 0 Å². The van der Waals surface area contributed by atoms with Gasteiger partial charge in [-0.25, -0.2) is 4.79 Å². The van der Waals surface area contributed by atoms with Crippen molar-refractivity contribution in [3.05, 3.63) is 6.42 Å². The zero-order valence-electron chi connectivity index (χ0n) is 10.3. The van der Waals surface area contributed by atoms with Crippen LogP contribution < -0.4 is 0 Å². The second kappa shape index (κ2) is 6.89. The highest BCUT2D eigenvalue weighted by Crippen LogP contribution is 2.27. The maximum absolute atomic E-state index is 11.3. The van der Waals surface area contributed by atoms with Crippen LogP contribution in [0.1, 0.15) is 52.4 Å². The normalized spacial score (nSPS) is 19.8. The first-order valence-corrected chi connectivity index (χ1v) is 6.31. The van der Waals surface area contributed by atoms with Crippen LogP contribution in [-0.4, -0.2) is 23.3 Å². The standard InChI is InChI=1S/C13H23O3/c1-10(2)16-13(15)12(14)9-8-11-6-4-3-5-7-11/h9-12,14H,3-8H2,1-2H3. The molecule has 1 aliphatic carbocycles. The van der Waals surface area contributed by atoms with Crippen molar-refractivity contribution in [1.29, 1.82) is 0 Å². The minimum atomic E-state index is -1.05. The molecule has 0 spiro atoms. The van der Waals surface area contributed by atoms with Gasteiger partial charge in [0.05, 0.1) is 6.10 Å². The quantitative estimate of drug-likeness (QED) is 0.734. The summed E-state index contributed by atoms with van der Waals surface area (Å²) in [6.07, 6.45) is 7.65. The molecule has 1 rings (SSSR count). The Bertz CT molecular complexity index is 207. The van der Waals surface area contributed by atoms with Gasteiger partial charge in [0.25, 0.3) is 0 Å². The molecule has 0 heterocycles. The highest BCUT2D eigenvalue weighted by Gasteiger charge is 2.21. The third-order valence-electron chi connectivity index (χ3n) is 3.01. The predicted octanol–water partition coefficient (Wildman–Crippen LogP) is 2.47. The minimum Gasteiger partial charge on any atom is -0.461 e. The average molecular weight is 227 g/mol. The lowest BCUT2D eigenvalue weighted by atomic mass is 9.85. The summed E-state index contributed by atoms with van der Waals surface area (Å²) in [7, 11) is 0. The Kier molecular flexibility index (Phi) is 5.81. The van der Waals surface area contributed by atoms with E-state index in [0.717, 1.165) is 6.42 Å². The molecule has 0 aliphatic heterocycles. The number of rotatable bonds is 5. The number of aliphatic hydroxyl groups excluding tert-OH is 1. The molecule has 1 unspecified atom stereocenters. The summed E-state index contributed by atoms with van der Waals surface area (Å²) in [6.45, 7) is 3.57. The number of hydrogen-bond donors (Lipinski definition) is 1. The molecular formula is C13H23O3. The second-order valence-electron chi connectivity index (χ2n) is 4.91. The van der Waals surface area contributed by atoms with Crippen LogP contribution in [0, 0.1) is 12.3 Å². The monoisotopic (exact) mass is 227 g/mol. The SMILES string of the molecule is CC(C)OC(=O)C(O)[CH]CC1CCCCC1. The van der Waals surface area contributed by atoms with E-state index in [1.165, 1.54) is 32.1 Å². The number of hydrogen-bond acceptors (Lipinski definition) is 3. The van der Waals surface area contributed by atoms with Crippen molar-refractivity contribution in [1.82, 2.24) is 0 Å². The summed E-state index contributed by atoms with van der Waals surface area (Å²) in [5.41, 5.74) is 0. The van der Waals surface area contributed by atoms with E-state index in [1.54, 1.807) is 20.3 Å². The summed E-state index contributed by atoms with van der Waals surface area (Å²) in [5, 5.41) is 9.57. The van der Waals surface area contributed by atoms with E-state index in [-0.39, 0.29) is 6.10 Å². The van der Waals surface area contributed by atoms with E-state index in [0.29, 0.717) is 5.92 Å². The van der Waals surface area contributed by atoms with Crippen LogP contribution in [0.2, 0.25) is 0 Å². The topological polar surface area (TPSA) is 46.5 Å². The first-order chi connectivity index (χ1) is 7.59. The van der Waals surface area contributed by atoms with Crippen molar-refractivity contribution in [2.45, 2.75) is 64.6 Å². The molecule has 0 amide bonds. The molecule has 0 bridgehead atoms. The van der Waals surface area contributed by atoms with E-state index in [2.05, 4.69) is 0 Å². The van der Waals surface area contributed by atoms with Gasteiger partial charge < -0.3 is 9.84 Å². The summed E-state index contributed by atoms with van der Waals surface area (Å²) >= 11 is 0. The largest absolute Gasteiger partial charge is 0.461 e. The Morgan fingerprint density at radius 2 is 2.00 bits per heavy atom. The number of carbonyl (C=O) groups is 1. The van der Waals surface area contributed by atoms with Crippen LogP contribution in [0.3, 0.4) is 0 Å². The fraction of sp³-hybridized carbons (Fsp3) is 0.846. The lowest BCUT2D eigenvalue weighted by Gasteiger charge is -2.22. The molecule has 3 heteroatoms. The maximum atomic E-state index is 11.3. The van der Waals surface area contributed by atoms with Gasteiger partial charge in [-0.2, -0.15) is 0 Å². The number of ether oxygens (including phenoxy) is 1. The second-order valence-corrected chi connectivity index (χ2v) is 4.91. The molecule has 0 saturated heterocycles. The van der Waals surface area contributed by atoms with E-state index in [1.807, 2.05) is 0 Å². The third kappa shape index (κ3) is 4.97. The third-order valence-corrected chi connectivity index (χ3v) is 3.01. The van der Waals surface area contributed by atoms with Crippen molar-refractivity contribution < 1.29 is 14.6 Å². The van der Waals surface area contributed by atoms with Crippen molar-refractivity contribution in [2.24, 2.45) is 5.92 Å². The van der Waals surface area contributed by atoms with Crippen LogP contribution >= 0.6 is 0 Å². The highest BCUT2D eigenvalue weighted by atomic mass is 16.6. The molecule has 1 saturated carbocycles. The van der Waals surface area contributed by atoms with Crippen molar-refractivity contribution >= 4 is 5.97 Å². The fourth-order valence-electron chi connectivity index (χ4n) is 2.14. The molecule has 1 radical (unpaired) electrons. The molecule has 1 atom stereocenters. The van der Waals surface area contributed by atoms with Crippen LogP contribution in [-0.2, 0) is 9.53 Å². The number of aliphatic hydroxyl groups is 1. The maximum Gasteiger partial charge on any atom is 0.335 e. The first kappa shape index (κ1) is 13.5. The molecule has 93 valence electrons. The lowest BCUT2D eigenvalue weighted by Crippen LogP contribution is -2.27. The Hall–Kier alpha value is -0.570. The minimum absolute atomic E-state index is 0.162. The smallest absolute Gasteiger partial charge is 0.335 e. The van der Waals surface area contributed by atoms with E-state index < -0.39 is 12.1 Å². The van der Waals surface area contributed by atoms with Gasteiger partial charge in [0.1, 0.15) is 0 Å². The molecule has 0 aromatic rings. The Balaban J connectivity index is 2.17. The summed E-state index contributed by atoms with van der Waals surface area (Å²) in [4.78, 5) is 11.3. The Morgan fingerprint density at radius 3 is 2.56 bits per heavy atom. The van der Waals surface area contributed by atoms with Crippen molar-refractivity contribution in [2.75, 3.05) is 0 Å². The van der Waals surface area contributed by atoms with Gasteiger partial charge in [-0.15, -0.1) is 0 Å². The molecule has 3 nitrogen and oxygen atoms in total. The summed E-state index contributed by atoms with van der Waals surface area (Å²) in [5.74, 6) is 0.126. The molecule has 0 aromatic heterocycles. The highest BCUT2D eigenvalue weighted by molar-refractivity contribution is 5.76. The molecular weight excluding hydrogens is 204 g/mol. The summed E-state index contributed by atoms with van der Waals surface area (Å²) in [6, 6.07) is 0. The lowest BCUT2D eigenvalue weighted by molar-refractivity contribution is -0.155. The van der Waals surface area contributed by atoms with Crippen molar-refractivity contribution in [3.8, 4) is 0 Å². The van der Waals surface area contributed by atoms with Crippen LogP contribution in [0.5, 0.6) is 0 Å². The summed E-state index contributed by atoms with van der Waals surface area (Å²) < 4.78 is 4.93. The molecule has 1 aliphatic rings. The predicted molar refractivity (Wildman–Crippen MR) is 62.7 cm³/mol. The first-order valence-electron chi connectivity index (χ1n) is 6.31. The molecule has 16 heavy (non-hydrogen) atoms.